The van der Waals surface area contributed by atoms with Gasteiger partial charge in [-0.05, 0) is 12.1 Å². The molecule has 0 unspecified atom stereocenters. The Morgan fingerprint density at radius 2 is 1.95 bits per heavy atom. The molecule has 0 bridgehead atoms. The minimum atomic E-state index is 0.0698. The lowest BCUT2D eigenvalue weighted by Crippen LogP contribution is -2.50. The minimum absolute atomic E-state index is 0.0698. The molecule has 2 heterocycles. The molecule has 2 aliphatic heterocycles. The Labute approximate surface area is 130 Å². The largest absolute Gasteiger partial charge is 0.368 e. The van der Waals surface area contributed by atoms with Crippen molar-refractivity contribution in [3.63, 3.8) is 0 Å². The molecule has 0 aliphatic carbocycles. The number of carbonyl (C=O) groups is 1. The van der Waals surface area contributed by atoms with E-state index in [1.807, 2.05) is 30.9 Å². The molecule has 2 aliphatic rings. The minimum Gasteiger partial charge on any atom is -0.368 e. The van der Waals surface area contributed by atoms with Gasteiger partial charge in [-0.3, -0.25) is 4.79 Å². The second-order valence-corrected chi connectivity index (χ2v) is 6.33. The second kappa shape index (κ2) is 5.73. The molecule has 1 aromatic carbocycles. The number of carbonyl (C=O) groups excluding carboxylic acids is 1. The van der Waals surface area contributed by atoms with Gasteiger partial charge in [-0.2, -0.15) is 0 Å². The first-order valence-corrected chi connectivity index (χ1v) is 7.79. The Bertz CT molecular complexity index is 553. The molecule has 6 heteroatoms. The topological polar surface area (TPSA) is 47.6 Å². The molecule has 21 heavy (non-hydrogen) atoms. The number of anilines is 2. The SMILES string of the molecule is CC(C)C(=O)N1CCN(c2cc(Cl)cc3c2CNN3)CC1. The quantitative estimate of drug-likeness (QED) is 0.878. The van der Waals surface area contributed by atoms with Crippen LogP contribution in [-0.4, -0.2) is 37.0 Å². The van der Waals surface area contributed by atoms with Gasteiger partial charge in [0.15, 0.2) is 0 Å². The molecular weight excluding hydrogens is 288 g/mol. The molecule has 2 N–H and O–H groups in total. The van der Waals surface area contributed by atoms with E-state index in [2.05, 4.69) is 15.8 Å². The monoisotopic (exact) mass is 308 g/mol. The highest BCUT2D eigenvalue weighted by molar-refractivity contribution is 6.31. The highest BCUT2D eigenvalue weighted by atomic mass is 35.5. The van der Waals surface area contributed by atoms with Crippen molar-refractivity contribution >= 4 is 28.9 Å². The summed E-state index contributed by atoms with van der Waals surface area (Å²) in [5.41, 5.74) is 9.75. The van der Waals surface area contributed by atoms with Gasteiger partial charge < -0.3 is 15.2 Å². The van der Waals surface area contributed by atoms with Crippen molar-refractivity contribution in [3.05, 3.63) is 22.7 Å². The van der Waals surface area contributed by atoms with Gasteiger partial charge in [0, 0.05) is 54.9 Å². The van der Waals surface area contributed by atoms with Gasteiger partial charge in [0.05, 0.1) is 5.69 Å². The molecular formula is C15H21ClN4O. The van der Waals surface area contributed by atoms with E-state index in [0.717, 1.165) is 43.4 Å². The first-order chi connectivity index (χ1) is 10.1. The highest BCUT2D eigenvalue weighted by Gasteiger charge is 2.26. The average Bonchev–Trinajstić information content (AvgIpc) is 2.93. The fraction of sp³-hybridized carbons (Fsp3) is 0.533. The van der Waals surface area contributed by atoms with Gasteiger partial charge in [-0.1, -0.05) is 25.4 Å². The molecule has 0 atom stereocenters. The third kappa shape index (κ3) is 2.80. The zero-order valence-corrected chi connectivity index (χ0v) is 13.2. The Morgan fingerprint density at radius 3 is 2.62 bits per heavy atom. The van der Waals surface area contributed by atoms with E-state index in [1.165, 1.54) is 11.3 Å². The third-order valence-electron chi connectivity index (χ3n) is 4.11. The van der Waals surface area contributed by atoms with Crippen molar-refractivity contribution in [2.24, 2.45) is 5.92 Å². The number of benzene rings is 1. The first kappa shape index (κ1) is 14.5. The standard InChI is InChI=1S/C15H21ClN4O/c1-10(2)15(21)20-5-3-19(4-6-20)14-8-11(16)7-13-12(14)9-17-18-13/h7-8,10,17-18H,3-6,9H2,1-2H3. The van der Waals surface area contributed by atoms with E-state index in [4.69, 9.17) is 11.6 Å². The fourth-order valence-corrected chi connectivity index (χ4v) is 3.17. The molecule has 1 saturated heterocycles. The molecule has 0 saturated carbocycles. The number of piperazine rings is 1. The predicted molar refractivity (Wildman–Crippen MR) is 85.5 cm³/mol. The number of rotatable bonds is 2. The molecule has 0 radical (unpaired) electrons. The van der Waals surface area contributed by atoms with Gasteiger partial charge in [-0.15, -0.1) is 0 Å². The fourth-order valence-electron chi connectivity index (χ4n) is 2.96. The van der Waals surface area contributed by atoms with Crippen LogP contribution in [0.5, 0.6) is 0 Å². The van der Waals surface area contributed by atoms with Crippen molar-refractivity contribution in [3.8, 4) is 0 Å². The van der Waals surface area contributed by atoms with Gasteiger partial charge in [-0.25, -0.2) is 5.43 Å². The zero-order chi connectivity index (χ0) is 15.0. The van der Waals surface area contributed by atoms with Crippen molar-refractivity contribution < 1.29 is 4.79 Å². The van der Waals surface area contributed by atoms with Crippen LogP contribution in [0.3, 0.4) is 0 Å². The number of nitrogens with one attached hydrogen (secondary N) is 2. The smallest absolute Gasteiger partial charge is 0.225 e. The lowest BCUT2D eigenvalue weighted by atomic mass is 10.1. The van der Waals surface area contributed by atoms with E-state index in [1.54, 1.807) is 0 Å². The Balaban J connectivity index is 1.75. The summed E-state index contributed by atoms with van der Waals surface area (Å²) < 4.78 is 0. The van der Waals surface area contributed by atoms with Crippen molar-refractivity contribution in [1.29, 1.82) is 0 Å². The molecule has 1 fully saturated rings. The van der Waals surface area contributed by atoms with E-state index in [-0.39, 0.29) is 11.8 Å². The number of nitrogens with zero attached hydrogens (tertiary/aromatic N) is 2. The lowest BCUT2D eigenvalue weighted by Gasteiger charge is -2.37. The van der Waals surface area contributed by atoms with Gasteiger partial charge in [0.25, 0.3) is 0 Å². The predicted octanol–water partition coefficient (Wildman–Crippen LogP) is 2.07. The zero-order valence-electron chi connectivity index (χ0n) is 12.4. The Hall–Kier alpha value is -1.46. The summed E-state index contributed by atoms with van der Waals surface area (Å²) in [5, 5.41) is 0.737. The highest BCUT2D eigenvalue weighted by Crippen LogP contribution is 2.34. The molecule has 5 nitrogen and oxygen atoms in total. The summed E-state index contributed by atoms with van der Waals surface area (Å²) in [7, 11) is 0. The number of amides is 1. The van der Waals surface area contributed by atoms with Crippen molar-refractivity contribution in [2.45, 2.75) is 20.4 Å². The summed E-state index contributed by atoms with van der Waals surface area (Å²) in [5.74, 6) is 0.315. The molecule has 0 aromatic heterocycles. The maximum absolute atomic E-state index is 12.0. The normalized spacial score (nSPS) is 17.9. The number of halogens is 1. The van der Waals surface area contributed by atoms with Crippen LogP contribution >= 0.6 is 11.6 Å². The van der Waals surface area contributed by atoms with Gasteiger partial charge >= 0.3 is 0 Å². The summed E-state index contributed by atoms with van der Waals surface area (Å²) in [4.78, 5) is 16.3. The van der Waals surface area contributed by atoms with Gasteiger partial charge in [0.1, 0.15) is 0 Å². The van der Waals surface area contributed by atoms with Gasteiger partial charge in [0.2, 0.25) is 5.91 Å². The maximum atomic E-state index is 12.0. The third-order valence-corrected chi connectivity index (χ3v) is 4.32. The summed E-state index contributed by atoms with van der Waals surface area (Å²) in [6.45, 7) is 7.97. The molecule has 1 aromatic rings. The van der Waals surface area contributed by atoms with Crippen LogP contribution in [0.2, 0.25) is 5.02 Å². The van der Waals surface area contributed by atoms with Crippen LogP contribution in [0.25, 0.3) is 0 Å². The van der Waals surface area contributed by atoms with E-state index < -0.39 is 0 Å². The van der Waals surface area contributed by atoms with E-state index >= 15 is 0 Å². The average molecular weight is 309 g/mol. The van der Waals surface area contributed by atoms with Crippen LogP contribution in [0, 0.1) is 5.92 Å². The van der Waals surface area contributed by atoms with E-state index in [0.29, 0.717) is 0 Å². The van der Waals surface area contributed by atoms with Crippen molar-refractivity contribution in [1.82, 2.24) is 10.3 Å². The van der Waals surface area contributed by atoms with Crippen LogP contribution in [0.4, 0.5) is 11.4 Å². The molecule has 3 rings (SSSR count). The second-order valence-electron chi connectivity index (χ2n) is 5.90. The summed E-state index contributed by atoms with van der Waals surface area (Å²) in [6, 6.07) is 3.97. The number of hydrazine groups is 1. The van der Waals surface area contributed by atoms with Crippen LogP contribution in [0.15, 0.2) is 12.1 Å². The number of hydrogen-bond acceptors (Lipinski definition) is 4. The summed E-state index contributed by atoms with van der Waals surface area (Å²) >= 11 is 6.21. The number of hydrogen-bond donors (Lipinski definition) is 2. The Kier molecular flexibility index (Phi) is 3.95. The van der Waals surface area contributed by atoms with Crippen LogP contribution in [0.1, 0.15) is 19.4 Å². The molecule has 0 spiro atoms. The van der Waals surface area contributed by atoms with E-state index in [9.17, 15) is 4.79 Å². The summed E-state index contributed by atoms with van der Waals surface area (Å²) in [6.07, 6.45) is 0. The number of fused-ring (bicyclic) bond motifs is 1. The molecule has 114 valence electrons. The first-order valence-electron chi connectivity index (χ1n) is 7.41. The maximum Gasteiger partial charge on any atom is 0.225 e. The van der Waals surface area contributed by atoms with Crippen LogP contribution in [-0.2, 0) is 11.3 Å². The lowest BCUT2D eigenvalue weighted by molar-refractivity contribution is -0.134. The van der Waals surface area contributed by atoms with Crippen molar-refractivity contribution in [2.75, 3.05) is 36.5 Å². The Morgan fingerprint density at radius 1 is 1.24 bits per heavy atom. The molecule has 1 amide bonds. The van der Waals surface area contributed by atoms with Crippen LogP contribution < -0.4 is 15.8 Å².